The van der Waals surface area contributed by atoms with E-state index in [0.717, 1.165) is 36.2 Å². The molecule has 2 N–H and O–H groups in total. The molecule has 1 saturated carbocycles. The molecule has 5 heterocycles. The Bertz CT molecular complexity index is 1250. The summed E-state index contributed by atoms with van der Waals surface area (Å²) in [5, 5.41) is 19.0. The number of fused-ring (bicyclic) bond motifs is 6. The van der Waals surface area contributed by atoms with Crippen molar-refractivity contribution in [3.63, 3.8) is 0 Å². The molecule has 10 heteroatoms. The number of pyridine rings is 1. The number of anilines is 2. The molecule has 4 bridgehead atoms. The normalized spacial score (nSPS) is 21.7. The van der Waals surface area contributed by atoms with Crippen LogP contribution in [0.25, 0.3) is 11.3 Å². The number of aromatic nitrogens is 6. The van der Waals surface area contributed by atoms with Crippen molar-refractivity contribution in [3.8, 4) is 0 Å². The molecular weight excluding hydrogens is 372 g/mol. The first kappa shape index (κ1) is 16.4. The minimum Gasteiger partial charge on any atom is -0.371 e. The van der Waals surface area contributed by atoms with Gasteiger partial charge >= 0.3 is 0 Å². The van der Waals surface area contributed by atoms with Crippen LogP contribution in [0.1, 0.15) is 35.4 Å². The summed E-state index contributed by atoms with van der Waals surface area (Å²) in [5.74, 6) is 0.444. The molecule has 2 atom stereocenters. The maximum Gasteiger partial charge on any atom is 0.291 e. The zero-order valence-corrected chi connectivity index (χ0v) is 15.4. The highest BCUT2D eigenvalue weighted by Gasteiger charge is 2.31. The number of rotatable bonds is 0. The number of ether oxygens (including phenoxy) is 1. The Balaban J connectivity index is 1.51. The molecule has 4 aromatic rings. The van der Waals surface area contributed by atoms with E-state index in [1.807, 2.05) is 22.9 Å². The van der Waals surface area contributed by atoms with E-state index < -0.39 is 0 Å². The van der Waals surface area contributed by atoms with Crippen LogP contribution >= 0.6 is 0 Å². The number of carbonyl (C=O) groups is 1. The first-order chi connectivity index (χ1) is 14.2. The fourth-order valence-corrected chi connectivity index (χ4v) is 4.15. The van der Waals surface area contributed by atoms with Gasteiger partial charge in [-0.2, -0.15) is 4.52 Å². The Labute approximate surface area is 164 Å². The topological polar surface area (TPSA) is 111 Å². The average molecular weight is 390 g/mol. The first-order valence-corrected chi connectivity index (χ1v) is 9.62. The van der Waals surface area contributed by atoms with Crippen molar-refractivity contribution in [2.75, 3.05) is 5.32 Å². The number of hydrogen-bond donors (Lipinski definition) is 2. The predicted octanol–water partition coefficient (Wildman–Crippen LogP) is 1.70. The molecule has 1 aliphatic carbocycles. The van der Waals surface area contributed by atoms with Gasteiger partial charge in [-0.05, 0) is 37.5 Å². The summed E-state index contributed by atoms with van der Waals surface area (Å²) in [6.07, 6.45) is 8.32. The van der Waals surface area contributed by atoms with Gasteiger partial charge in [0.1, 0.15) is 5.65 Å². The minimum absolute atomic E-state index is 0.0591. The van der Waals surface area contributed by atoms with Gasteiger partial charge in [-0.3, -0.25) is 4.79 Å². The van der Waals surface area contributed by atoms with Crippen molar-refractivity contribution < 1.29 is 9.53 Å². The average Bonchev–Trinajstić information content (AvgIpc) is 3.44. The molecule has 1 fully saturated rings. The first-order valence-electron chi connectivity index (χ1n) is 9.62. The molecule has 29 heavy (non-hydrogen) atoms. The fraction of sp³-hybridized carbons (Fsp3) is 0.316. The molecule has 1 amide bonds. The summed E-state index contributed by atoms with van der Waals surface area (Å²) in [5.41, 5.74) is 3.18. The third-order valence-corrected chi connectivity index (χ3v) is 5.52. The summed E-state index contributed by atoms with van der Waals surface area (Å²) in [7, 11) is 0. The molecule has 146 valence electrons. The van der Waals surface area contributed by atoms with Gasteiger partial charge in [-0.25, -0.2) is 4.98 Å². The summed E-state index contributed by atoms with van der Waals surface area (Å²) in [6.45, 7) is 0.412. The van der Waals surface area contributed by atoms with Crippen molar-refractivity contribution in [1.82, 2.24) is 34.5 Å². The van der Waals surface area contributed by atoms with Crippen LogP contribution in [-0.4, -0.2) is 47.2 Å². The lowest BCUT2D eigenvalue weighted by atomic mass is 10.2. The second-order valence-corrected chi connectivity index (χ2v) is 7.41. The molecule has 0 spiro atoms. The van der Waals surface area contributed by atoms with E-state index in [4.69, 9.17) is 4.74 Å². The Morgan fingerprint density at radius 2 is 2.17 bits per heavy atom. The minimum atomic E-state index is -0.297. The van der Waals surface area contributed by atoms with Gasteiger partial charge < -0.3 is 19.8 Å². The van der Waals surface area contributed by atoms with Gasteiger partial charge in [0.15, 0.2) is 11.5 Å². The van der Waals surface area contributed by atoms with Gasteiger partial charge in [-0.15, -0.1) is 15.3 Å². The van der Waals surface area contributed by atoms with Crippen LogP contribution in [0.3, 0.4) is 0 Å². The summed E-state index contributed by atoms with van der Waals surface area (Å²) >= 11 is 0. The van der Waals surface area contributed by atoms with Crippen molar-refractivity contribution in [3.05, 3.63) is 48.2 Å². The summed E-state index contributed by atoms with van der Waals surface area (Å²) in [6, 6.07) is 5.54. The Hall–Kier alpha value is -3.53. The predicted molar refractivity (Wildman–Crippen MR) is 103 cm³/mol. The van der Waals surface area contributed by atoms with Gasteiger partial charge in [0.25, 0.3) is 5.91 Å². The van der Waals surface area contributed by atoms with E-state index in [1.165, 1.54) is 4.52 Å². The van der Waals surface area contributed by atoms with Crippen molar-refractivity contribution in [2.24, 2.45) is 0 Å². The number of carbonyl (C=O) groups excluding carboxylic acids is 1. The summed E-state index contributed by atoms with van der Waals surface area (Å²) < 4.78 is 9.65. The van der Waals surface area contributed by atoms with E-state index in [2.05, 4.69) is 30.9 Å². The van der Waals surface area contributed by atoms with Gasteiger partial charge in [0, 0.05) is 24.2 Å². The van der Waals surface area contributed by atoms with Crippen LogP contribution in [0.4, 0.5) is 11.5 Å². The van der Waals surface area contributed by atoms with E-state index in [0.29, 0.717) is 18.1 Å². The zero-order valence-electron chi connectivity index (χ0n) is 15.4. The van der Waals surface area contributed by atoms with Crippen molar-refractivity contribution >= 4 is 28.7 Å². The van der Waals surface area contributed by atoms with E-state index in [1.54, 1.807) is 18.3 Å². The van der Waals surface area contributed by atoms with Crippen LogP contribution in [0.2, 0.25) is 0 Å². The van der Waals surface area contributed by atoms with Gasteiger partial charge in [0.2, 0.25) is 5.82 Å². The molecule has 0 saturated heterocycles. The second-order valence-electron chi connectivity index (χ2n) is 7.41. The van der Waals surface area contributed by atoms with Crippen LogP contribution in [-0.2, 0) is 11.3 Å². The molecular formula is C19H18N8O2. The maximum atomic E-state index is 12.8. The monoisotopic (exact) mass is 390 g/mol. The largest absolute Gasteiger partial charge is 0.371 e. The number of amides is 1. The second kappa shape index (κ2) is 6.24. The van der Waals surface area contributed by atoms with E-state index >= 15 is 0 Å². The van der Waals surface area contributed by atoms with Crippen LogP contribution in [0, 0.1) is 0 Å². The number of imidazole rings is 1. The van der Waals surface area contributed by atoms with Crippen LogP contribution in [0.15, 0.2) is 36.8 Å². The lowest BCUT2D eigenvalue weighted by Gasteiger charge is -2.22. The lowest BCUT2D eigenvalue weighted by molar-refractivity contribution is 0.0274. The fourth-order valence-electron chi connectivity index (χ4n) is 4.15. The molecule has 0 unspecified atom stereocenters. The zero-order chi connectivity index (χ0) is 19.4. The highest BCUT2D eigenvalue weighted by Crippen LogP contribution is 2.26. The maximum absolute atomic E-state index is 12.8. The number of nitrogens with zero attached hydrogens (tertiary/aromatic N) is 6. The molecule has 6 rings (SSSR count). The molecule has 1 aliphatic heterocycles. The highest BCUT2D eigenvalue weighted by molar-refractivity contribution is 5.91. The number of nitrogens with one attached hydrogen (secondary N) is 2. The standard InChI is InChI=1S/C19H18N8O2/c28-19-18-24-23-16-5-4-15(25-27(16)18)21-12-8-11(17-20-6-7-26(17)9-12)10-29-14-3-1-2-13(14)22-19/h4-9,13-14H,1-3,10H2,(H,21,25)(H,22,28)/t13-,14-/m1/s1. The van der Waals surface area contributed by atoms with Gasteiger partial charge in [-0.1, -0.05) is 0 Å². The molecule has 10 nitrogen and oxygen atoms in total. The van der Waals surface area contributed by atoms with E-state index in [-0.39, 0.29) is 23.9 Å². The Morgan fingerprint density at radius 1 is 1.21 bits per heavy atom. The van der Waals surface area contributed by atoms with Crippen LogP contribution < -0.4 is 10.6 Å². The number of hydrogen-bond acceptors (Lipinski definition) is 7. The molecule has 4 aromatic heterocycles. The molecule has 0 radical (unpaired) electrons. The van der Waals surface area contributed by atoms with Crippen molar-refractivity contribution in [2.45, 2.75) is 38.0 Å². The van der Waals surface area contributed by atoms with Crippen LogP contribution in [0.5, 0.6) is 0 Å². The smallest absolute Gasteiger partial charge is 0.291 e. The Morgan fingerprint density at radius 3 is 3.14 bits per heavy atom. The molecule has 2 aliphatic rings. The summed E-state index contributed by atoms with van der Waals surface area (Å²) in [4.78, 5) is 17.3. The van der Waals surface area contributed by atoms with E-state index in [9.17, 15) is 4.79 Å². The Kier molecular flexibility index (Phi) is 3.54. The highest BCUT2D eigenvalue weighted by atomic mass is 16.5. The quantitative estimate of drug-likeness (QED) is 0.470. The van der Waals surface area contributed by atoms with Gasteiger partial charge in [0.05, 0.1) is 24.4 Å². The SMILES string of the molecule is O=C1N[C@@H]2CCC[C@H]2OCc2cc(cn3ccnc23)Nc2ccc3nnc1n3n2. The third kappa shape index (κ3) is 2.71. The third-order valence-electron chi connectivity index (χ3n) is 5.52. The lowest BCUT2D eigenvalue weighted by Crippen LogP contribution is -2.41. The van der Waals surface area contributed by atoms with Crippen molar-refractivity contribution in [1.29, 1.82) is 0 Å². The molecule has 0 aromatic carbocycles.